The first-order chi connectivity index (χ1) is 11.8. The second-order valence-electron chi connectivity index (χ2n) is 6.31. The Labute approximate surface area is 150 Å². The molecule has 25 heavy (non-hydrogen) atoms. The van der Waals surface area contributed by atoms with Gasteiger partial charge >= 0.3 is 5.69 Å². The number of aromatic nitrogens is 4. The summed E-state index contributed by atoms with van der Waals surface area (Å²) < 4.78 is 3.55. The van der Waals surface area contributed by atoms with Crippen LogP contribution in [0.1, 0.15) is 39.5 Å². The number of unbranched alkanes of at least 4 members (excludes halogenated alkanes) is 2. The summed E-state index contributed by atoms with van der Waals surface area (Å²) in [6.45, 7) is 3.95. The van der Waals surface area contributed by atoms with Gasteiger partial charge in [0.05, 0.1) is 0 Å². The number of nitrogens with one attached hydrogen (secondary N) is 1. The molecule has 1 amide bonds. The zero-order valence-electron chi connectivity index (χ0n) is 15.0. The van der Waals surface area contributed by atoms with Crippen LogP contribution in [0.4, 0.5) is 0 Å². The number of carbonyl (C=O) groups is 1. The topological polar surface area (TPSA) is 90.9 Å². The van der Waals surface area contributed by atoms with Crippen LogP contribution in [0.3, 0.4) is 0 Å². The molecule has 0 aliphatic rings. The van der Waals surface area contributed by atoms with Gasteiger partial charge in [-0.2, -0.15) is 4.98 Å². The highest BCUT2D eigenvalue weighted by Crippen LogP contribution is 2.15. The monoisotopic (exact) mass is 369 g/mol. The molecule has 2 aromatic heterocycles. The van der Waals surface area contributed by atoms with Crippen LogP contribution in [0.2, 0.25) is 5.28 Å². The third-order valence-electron chi connectivity index (χ3n) is 4.25. The summed E-state index contributed by atoms with van der Waals surface area (Å²) in [5.41, 5.74) is -0.709. The number of aryl methyl sites for hydroxylation is 1. The van der Waals surface area contributed by atoms with Gasteiger partial charge in [0.25, 0.3) is 5.56 Å². The van der Waals surface area contributed by atoms with E-state index in [4.69, 9.17) is 11.6 Å². The van der Waals surface area contributed by atoms with E-state index in [1.54, 1.807) is 0 Å². The van der Waals surface area contributed by atoms with Crippen LogP contribution in [-0.2, 0) is 25.4 Å². The minimum absolute atomic E-state index is 0.00193. The maximum atomic E-state index is 12.4. The third kappa shape index (κ3) is 3.95. The SMILES string of the molecule is CCCCCC(C)NC(=O)Cn1c(Cl)nc2c1c(=O)n(C)c(=O)n2C. The number of rotatable bonds is 7. The average molecular weight is 370 g/mol. The standard InChI is InChI=1S/C16H24ClN5O3/c1-5-6-7-8-10(2)18-11(23)9-22-12-13(19-15(22)17)20(3)16(25)21(4)14(12)24/h10H,5-9H2,1-4H3,(H,18,23). The number of carbonyl (C=O) groups excluding carboxylic acids is 1. The van der Waals surface area contributed by atoms with E-state index >= 15 is 0 Å². The lowest BCUT2D eigenvalue weighted by Gasteiger charge is -2.14. The minimum atomic E-state index is -0.527. The van der Waals surface area contributed by atoms with Crippen molar-refractivity contribution in [1.82, 2.24) is 24.0 Å². The lowest BCUT2D eigenvalue weighted by atomic mass is 10.1. The minimum Gasteiger partial charge on any atom is -0.352 e. The molecule has 8 nitrogen and oxygen atoms in total. The Morgan fingerprint density at radius 2 is 1.92 bits per heavy atom. The Bertz CT molecular complexity index is 896. The summed E-state index contributed by atoms with van der Waals surface area (Å²) in [7, 11) is 2.89. The van der Waals surface area contributed by atoms with Crippen LogP contribution in [-0.4, -0.2) is 30.6 Å². The van der Waals surface area contributed by atoms with Gasteiger partial charge in [-0.3, -0.25) is 23.3 Å². The van der Waals surface area contributed by atoms with E-state index in [2.05, 4.69) is 17.2 Å². The molecule has 0 saturated carbocycles. The van der Waals surface area contributed by atoms with Crippen LogP contribution in [0.5, 0.6) is 0 Å². The number of halogens is 1. The highest BCUT2D eigenvalue weighted by atomic mass is 35.5. The summed E-state index contributed by atoms with van der Waals surface area (Å²) in [4.78, 5) is 40.8. The van der Waals surface area contributed by atoms with Gasteiger partial charge < -0.3 is 5.32 Å². The molecule has 0 aliphatic heterocycles. The fourth-order valence-corrected chi connectivity index (χ4v) is 3.03. The van der Waals surface area contributed by atoms with Crippen molar-refractivity contribution in [2.45, 2.75) is 52.1 Å². The zero-order valence-corrected chi connectivity index (χ0v) is 15.8. The van der Waals surface area contributed by atoms with Gasteiger partial charge in [-0.15, -0.1) is 0 Å². The van der Waals surface area contributed by atoms with Crippen molar-refractivity contribution in [2.75, 3.05) is 0 Å². The van der Waals surface area contributed by atoms with E-state index < -0.39 is 11.2 Å². The van der Waals surface area contributed by atoms with Crippen molar-refractivity contribution in [3.05, 3.63) is 26.1 Å². The lowest BCUT2D eigenvalue weighted by molar-refractivity contribution is -0.122. The van der Waals surface area contributed by atoms with Crippen molar-refractivity contribution >= 4 is 28.7 Å². The van der Waals surface area contributed by atoms with E-state index in [9.17, 15) is 14.4 Å². The van der Waals surface area contributed by atoms with E-state index in [-0.39, 0.29) is 34.9 Å². The molecule has 0 bridgehead atoms. The normalized spacial score (nSPS) is 12.5. The fraction of sp³-hybridized carbons (Fsp3) is 0.625. The van der Waals surface area contributed by atoms with Crippen molar-refractivity contribution in [1.29, 1.82) is 0 Å². The van der Waals surface area contributed by atoms with Crippen molar-refractivity contribution in [3.8, 4) is 0 Å². The maximum absolute atomic E-state index is 12.4. The van der Waals surface area contributed by atoms with Crippen LogP contribution in [0, 0.1) is 0 Å². The van der Waals surface area contributed by atoms with Crippen LogP contribution in [0.25, 0.3) is 11.2 Å². The van der Waals surface area contributed by atoms with Gasteiger partial charge in [0.15, 0.2) is 11.2 Å². The number of imidazole rings is 1. The van der Waals surface area contributed by atoms with Crippen molar-refractivity contribution in [3.63, 3.8) is 0 Å². The Morgan fingerprint density at radius 1 is 1.24 bits per heavy atom. The summed E-state index contributed by atoms with van der Waals surface area (Å²) in [6.07, 6.45) is 4.20. The van der Waals surface area contributed by atoms with Gasteiger partial charge in [0.1, 0.15) is 6.54 Å². The second kappa shape index (κ2) is 7.86. The summed E-state index contributed by atoms with van der Waals surface area (Å²) in [6, 6.07) is 0.0415. The fourth-order valence-electron chi connectivity index (χ4n) is 2.80. The van der Waals surface area contributed by atoms with Gasteiger partial charge in [0, 0.05) is 20.1 Å². The molecule has 2 heterocycles. The number of fused-ring (bicyclic) bond motifs is 1. The molecule has 0 spiro atoms. The summed E-state index contributed by atoms with van der Waals surface area (Å²) in [5, 5.41) is 2.91. The first kappa shape index (κ1) is 19.2. The molecular weight excluding hydrogens is 346 g/mol. The number of nitrogens with zero attached hydrogens (tertiary/aromatic N) is 4. The van der Waals surface area contributed by atoms with E-state index in [0.29, 0.717) is 0 Å². The average Bonchev–Trinajstić information content (AvgIpc) is 2.88. The third-order valence-corrected chi connectivity index (χ3v) is 4.54. The maximum Gasteiger partial charge on any atom is 0.332 e. The predicted octanol–water partition coefficient (Wildman–Crippen LogP) is 1.17. The van der Waals surface area contributed by atoms with E-state index in [1.807, 2.05) is 6.92 Å². The van der Waals surface area contributed by atoms with E-state index in [1.165, 1.54) is 23.2 Å². The molecule has 0 fully saturated rings. The second-order valence-corrected chi connectivity index (χ2v) is 6.65. The molecule has 2 rings (SSSR count). The van der Waals surface area contributed by atoms with Gasteiger partial charge in [-0.1, -0.05) is 26.2 Å². The Balaban J connectivity index is 2.27. The molecule has 1 N–H and O–H groups in total. The first-order valence-corrected chi connectivity index (χ1v) is 8.76. The van der Waals surface area contributed by atoms with Crippen molar-refractivity contribution in [2.24, 2.45) is 14.1 Å². The zero-order chi connectivity index (χ0) is 18.7. The highest BCUT2D eigenvalue weighted by Gasteiger charge is 2.20. The molecule has 9 heteroatoms. The van der Waals surface area contributed by atoms with Gasteiger partial charge in [0.2, 0.25) is 11.2 Å². The van der Waals surface area contributed by atoms with E-state index in [0.717, 1.165) is 30.3 Å². The smallest absolute Gasteiger partial charge is 0.332 e. The van der Waals surface area contributed by atoms with Crippen LogP contribution < -0.4 is 16.6 Å². The number of amides is 1. The molecule has 0 saturated heterocycles. The lowest BCUT2D eigenvalue weighted by Crippen LogP contribution is -2.39. The molecular formula is C16H24ClN5O3. The molecule has 2 aromatic rings. The first-order valence-electron chi connectivity index (χ1n) is 8.39. The Hall–Kier alpha value is -2.09. The van der Waals surface area contributed by atoms with Gasteiger partial charge in [-0.05, 0) is 24.9 Å². The van der Waals surface area contributed by atoms with Crippen LogP contribution >= 0.6 is 11.6 Å². The highest BCUT2D eigenvalue weighted by molar-refractivity contribution is 6.29. The van der Waals surface area contributed by atoms with Gasteiger partial charge in [-0.25, -0.2) is 4.79 Å². The molecule has 1 unspecified atom stereocenters. The number of hydrogen-bond donors (Lipinski definition) is 1. The summed E-state index contributed by atoms with van der Waals surface area (Å²) in [5.74, 6) is -0.249. The Morgan fingerprint density at radius 3 is 2.56 bits per heavy atom. The molecule has 0 aliphatic carbocycles. The predicted molar refractivity (Wildman–Crippen MR) is 97.0 cm³/mol. The molecule has 1 atom stereocenters. The number of hydrogen-bond acceptors (Lipinski definition) is 4. The summed E-state index contributed by atoms with van der Waals surface area (Å²) >= 11 is 6.11. The quantitative estimate of drug-likeness (QED) is 0.586. The molecule has 138 valence electrons. The largest absolute Gasteiger partial charge is 0.352 e. The molecule has 0 aromatic carbocycles. The van der Waals surface area contributed by atoms with Crippen molar-refractivity contribution < 1.29 is 4.79 Å². The molecule has 0 radical (unpaired) electrons. The Kier molecular flexibility index (Phi) is 6.05. The van der Waals surface area contributed by atoms with Crippen LogP contribution in [0.15, 0.2) is 9.59 Å².